The van der Waals surface area contributed by atoms with Crippen LogP contribution in [0.25, 0.3) is 0 Å². The van der Waals surface area contributed by atoms with Crippen molar-refractivity contribution in [3.05, 3.63) is 30.1 Å². The largest absolute Gasteiger partial charge is 0.490 e. The van der Waals surface area contributed by atoms with Gasteiger partial charge < -0.3 is 29.7 Å². The first-order chi connectivity index (χ1) is 20.7. The van der Waals surface area contributed by atoms with E-state index in [0.717, 1.165) is 39.3 Å². The molecule has 11 nitrogen and oxygen atoms in total. The smallest absolute Gasteiger partial charge is 0.475 e. The summed E-state index contributed by atoms with van der Waals surface area (Å²) in [6.07, 6.45) is -5.92. The van der Waals surface area contributed by atoms with E-state index >= 15 is 0 Å². The Morgan fingerprint density at radius 3 is 1.82 bits per heavy atom. The summed E-state index contributed by atoms with van der Waals surface area (Å²) < 4.78 is 108. The molecular weight excluding hydrogens is 641 g/mol. The molecule has 1 aromatic heterocycles. The number of carboxylic acid groups (broad SMARTS) is 3. The second-order valence-electron chi connectivity index (χ2n) is 9.68. The predicted molar refractivity (Wildman–Crippen MR) is 134 cm³/mol. The normalized spacial score (nSPS) is 22.0. The molecule has 3 aliphatic rings. The number of morpholine rings is 1. The van der Waals surface area contributed by atoms with Crippen LogP contribution in [0.3, 0.4) is 0 Å². The number of hydrogen-bond acceptors (Lipinski definition) is 8. The number of aliphatic carboxylic acids is 3. The number of rotatable bonds is 6. The predicted octanol–water partition coefficient (Wildman–Crippen LogP) is 3.83. The summed E-state index contributed by atoms with van der Waals surface area (Å²) in [5.74, 6) is -8.27. The number of carbonyl (C=O) groups is 3. The number of pyridine rings is 1. The molecule has 45 heavy (non-hydrogen) atoms. The molecule has 3 fully saturated rings. The maximum Gasteiger partial charge on any atom is 0.490 e. The highest BCUT2D eigenvalue weighted by Crippen LogP contribution is 2.33. The minimum Gasteiger partial charge on any atom is -0.475 e. The SMILES string of the molecule is O=C(O)C(F)(F)F.O=C(O)C(F)(F)F.O=C(O)C(F)(F)F.c1cncc(CN2CCO[C@H]3[C@H](OCCN4CCCC4)CC[C@@H]32)c1. The first-order valence-electron chi connectivity index (χ1n) is 13.2. The third-order valence-corrected chi connectivity index (χ3v) is 6.42. The lowest BCUT2D eigenvalue weighted by atomic mass is 10.1. The van der Waals surface area contributed by atoms with Gasteiger partial charge in [-0.2, -0.15) is 39.5 Å². The fourth-order valence-electron chi connectivity index (χ4n) is 4.43. The summed E-state index contributed by atoms with van der Waals surface area (Å²) in [5, 5.41) is 21.4. The number of aromatic nitrogens is 1. The third kappa shape index (κ3) is 15.6. The van der Waals surface area contributed by atoms with Crippen LogP contribution >= 0.6 is 0 Å². The van der Waals surface area contributed by atoms with E-state index in [-0.39, 0.29) is 12.2 Å². The molecule has 0 radical (unpaired) electrons. The Morgan fingerprint density at radius 2 is 1.38 bits per heavy atom. The van der Waals surface area contributed by atoms with Gasteiger partial charge in [0.2, 0.25) is 0 Å². The minimum absolute atomic E-state index is 0.244. The topological polar surface area (TPSA) is 150 Å². The number of likely N-dealkylation sites (tertiary alicyclic amines) is 1. The average Bonchev–Trinajstić information content (AvgIpc) is 3.60. The van der Waals surface area contributed by atoms with Crippen LogP contribution in [0.15, 0.2) is 24.5 Å². The zero-order valence-corrected chi connectivity index (χ0v) is 23.4. The molecule has 2 saturated heterocycles. The van der Waals surface area contributed by atoms with E-state index in [4.69, 9.17) is 39.2 Å². The van der Waals surface area contributed by atoms with E-state index in [9.17, 15) is 39.5 Å². The van der Waals surface area contributed by atoms with Gasteiger partial charge in [-0.25, -0.2) is 14.4 Å². The van der Waals surface area contributed by atoms with Crippen LogP contribution in [0.2, 0.25) is 0 Å². The number of fused-ring (bicyclic) bond motifs is 1. The molecule has 0 spiro atoms. The van der Waals surface area contributed by atoms with Crippen LogP contribution in [-0.2, 0) is 30.4 Å². The van der Waals surface area contributed by atoms with Gasteiger partial charge in [-0.05, 0) is 50.4 Å². The number of hydrogen-bond donors (Lipinski definition) is 3. The van der Waals surface area contributed by atoms with Crippen molar-refractivity contribution in [2.75, 3.05) is 39.4 Å². The molecule has 3 heterocycles. The van der Waals surface area contributed by atoms with E-state index in [1.165, 1.54) is 37.9 Å². The Bertz CT molecular complexity index is 996. The molecule has 2 aliphatic heterocycles. The second kappa shape index (κ2) is 18.1. The Kier molecular flexibility index (Phi) is 16.0. The van der Waals surface area contributed by atoms with Crippen molar-refractivity contribution in [1.82, 2.24) is 14.8 Å². The fourth-order valence-corrected chi connectivity index (χ4v) is 4.43. The van der Waals surface area contributed by atoms with Gasteiger partial charge in [-0.1, -0.05) is 6.07 Å². The van der Waals surface area contributed by atoms with Crippen LogP contribution < -0.4 is 0 Å². The van der Waals surface area contributed by atoms with Crippen LogP contribution in [0.1, 0.15) is 31.2 Å². The van der Waals surface area contributed by atoms with Gasteiger partial charge in [0.15, 0.2) is 0 Å². The summed E-state index contributed by atoms with van der Waals surface area (Å²) in [5.41, 5.74) is 1.29. The Morgan fingerprint density at radius 1 is 0.867 bits per heavy atom. The first kappa shape index (κ1) is 39.8. The highest BCUT2D eigenvalue weighted by atomic mass is 19.4. The van der Waals surface area contributed by atoms with Gasteiger partial charge >= 0.3 is 36.4 Å². The fraction of sp³-hybridized carbons (Fsp3) is 0.680. The van der Waals surface area contributed by atoms with Crippen molar-refractivity contribution in [3.8, 4) is 0 Å². The Balaban J connectivity index is 0.000000396. The number of ether oxygens (including phenoxy) is 2. The van der Waals surface area contributed by atoms with Crippen LogP contribution in [0.4, 0.5) is 39.5 Å². The minimum atomic E-state index is -5.08. The van der Waals surface area contributed by atoms with E-state index in [0.29, 0.717) is 6.04 Å². The molecular formula is C25H32F9N3O8. The van der Waals surface area contributed by atoms with E-state index in [1.54, 1.807) is 0 Å². The quantitative estimate of drug-likeness (QED) is 0.379. The lowest BCUT2D eigenvalue weighted by Gasteiger charge is -2.39. The van der Waals surface area contributed by atoms with E-state index in [1.807, 2.05) is 18.5 Å². The van der Waals surface area contributed by atoms with E-state index < -0.39 is 36.4 Å². The van der Waals surface area contributed by atoms with Gasteiger partial charge in [-0.15, -0.1) is 0 Å². The maximum atomic E-state index is 10.6. The van der Waals surface area contributed by atoms with Crippen molar-refractivity contribution in [2.45, 2.75) is 69.0 Å². The second-order valence-corrected chi connectivity index (χ2v) is 9.68. The average molecular weight is 674 g/mol. The molecule has 1 saturated carbocycles. The molecule has 258 valence electrons. The van der Waals surface area contributed by atoms with Crippen molar-refractivity contribution < 1.29 is 78.7 Å². The zero-order chi connectivity index (χ0) is 34.4. The summed E-state index contributed by atoms with van der Waals surface area (Å²) in [7, 11) is 0. The van der Waals surface area contributed by atoms with Gasteiger partial charge in [0.05, 0.1) is 25.4 Å². The number of nitrogens with zero attached hydrogens (tertiary/aromatic N) is 3. The highest BCUT2D eigenvalue weighted by molar-refractivity contribution is 5.73. The molecule has 3 N–H and O–H groups in total. The molecule has 0 bridgehead atoms. The van der Waals surface area contributed by atoms with E-state index in [2.05, 4.69) is 20.9 Å². The molecule has 4 rings (SSSR count). The van der Waals surface area contributed by atoms with Crippen LogP contribution in [0, 0.1) is 0 Å². The first-order valence-corrected chi connectivity index (χ1v) is 13.2. The van der Waals surface area contributed by atoms with Gasteiger partial charge in [0, 0.05) is 38.1 Å². The highest BCUT2D eigenvalue weighted by Gasteiger charge is 2.43. The Hall–Kier alpha value is -3.23. The Labute approximate surface area is 250 Å². The van der Waals surface area contributed by atoms with Gasteiger partial charge in [-0.3, -0.25) is 9.88 Å². The van der Waals surface area contributed by atoms with Crippen molar-refractivity contribution in [1.29, 1.82) is 0 Å². The van der Waals surface area contributed by atoms with Gasteiger partial charge in [0.25, 0.3) is 0 Å². The molecule has 0 aromatic carbocycles. The summed E-state index contributed by atoms with van der Waals surface area (Å²) in [6.45, 7) is 7.21. The van der Waals surface area contributed by atoms with Crippen molar-refractivity contribution in [2.24, 2.45) is 0 Å². The van der Waals surface area contributed by atoms with Crippen LogP contribution in [-0.4, -0.2) is 124 Å². The van der Waals surface area contributed by atoms with Crippen molar-refractivity contribution in [3.63, 3.8) is 0 Å². The van der Waals surface area contributed by atoms with Gasteiger partial charge in [0.1, 0.15) is 0 Å². The summed E-state index contributed by atoms with van der Waals surface area (Å²) in [4.78, 5) is 36.0. The summed E-state index contributed by atoms with van der Waals surface area (Å²) >= 11 is 0. The lowest BCUT2D eigenvalue weighted by Crippen LogP contribution is -2.51. The number of alkyl halides is 9. The third-order valence-electron chi connectivity index (χ3n) is 6.42. The maximum absolute atomic E-state index is 10.6. The number of carboxylic acids is 3. The molecule has 0 amide bonds. The molecule has 20 heteroatoms. The molecule has 1 aromatic rings. The monoisotopic (exact) mass is 673 g/mol. The van der Waals surface area contributed by atoms with Crippen LogP contribution in [0.5, 0.6) is 0 Å². The standard InChI is InChI=1S/C19H29N3O2.3C2HF3O2/c1-2-9-21(8-1)10-12-23-18-6-5-17-19(18)24-13-11-22(17)15-16-4-3-7-20-14-16;3*3-2(4,5)1(6)7/h3-4,7,14,17-19H,1-2,5-6,8-13,15H2;3*(H,6,7)/t17-,18+,19+;;;/m0.../s1. The molecule has 1 aliphatic carbocycles. The van der Waals surface area contributed by atoms with Crippen molar-refractivity contribution >= 4 is 17.9 Å². The number of halogens is 9. The molecule has 0 unspecified atom stereocenters. The molecule has 3 atom stereocenters. The summed E-state index contributed by atoms with van der Waals surface area (Å²) in [6, 6.07) is 4.68. The zero-order valence-electron chi connectivity index (χ0n) is 23.4. The lowest BCUT2D eigenvalue weighted by molar-refractivity contribution is -0.193.